The van der Waals surface area contributed by atoms with Crippen molar-refractivity contribution in [2.75, 3.05) is 0 Å². The van der Waals surface area contributed by atoms with Gasteiger partial charge in [0.1, 0.15) is 10.5 Å². The normalized spacial score (nSPS) is 12.3. The third-order valence-electron chi connectivity index (χ3n) is 4.19. The maximum Gasteiger partial charge on any atom is 0.416 e. The molecule has 0 saturated carbocycles. The van der Waals surface area contributed by atoms with Gasteiger partial charge in [0, 0.05) is 6.54 Å². The van der Waals surface area contributed by atoms with Gasteiger partial charge in [-0.1, -0.05) is 18.7 Å². The standard InChI is InChI=1S/C18H15F3N4OS2/c1-2-6-25-13-8-10(18(19,20)21)3-4-11(13)23-17(25)28-9-14-22-12-5-7-27-15(12)16(26)24-14/h3-5,7-8H,2,6,9H2,1H3,(H,22,24,26). The highest BCUT2D eigenvalue weighted by molar-refractivity contribution is 7.98. The van der Waals surface area contributed by atoms with Gasteiger partial charge in [-0.3, -0.25) is 4.79 Å². The molecule has 0 atom stereocenters. The zero-order chi connectivity index (χ0) is 19.9. The number of aromatic nitrogens is 4. The van der Waals surface area contributed by atoms with Gasteiger partial charge in [0.15, 0.2) is 5.16 Å². The Morgan fingerprint density at radius 1 is 1.21 bits per heavy atom. The van der Waals surface area contributed by atoms with Crippen molar-refractivity contribution in [1.29, 1.82) is 0 Å². The van der Waals surface area contributed by atoms with E-state index in [0.717, 1.165) is 18.6 Å². The second-order valence-corrected chi connectivity index (χ2v) is 8.04. The van der Waals surface area contributed by atoms with Gasteiger partial charge in [-0.2, -0.15) is 13.2 Å². The third kappa shape index (κ3) is 3.53. The van der Waals surface area contributed by atoms with E-state index >= 15 is 0 Å². The molecule has 0 aliphatic rings. The monoisotopic (exact) mass is 424 g/mol. The van der Waals surface area contributed by atoms with Crippen LogP contribution in [0.5, 0.6) is 0 Å². The molecule has 1 aromatic carbocycles. The SMILES string of the molecule is CCCn1c(SCc2nc3ccsc3c(=O)[nH]2)nc2ccc(C(F)(F)F)cc21. The molecule has 0 spiro atoms. The van der Waals surface area contributed by atoms with Gasteiger partial charge in [0.2, 0.25) is 0 Å². The molecule has 0 bridgehead atoms. The van der Waals surface area contributed by atoms with Crippen LogP contribution in [-0.2, 0) is 18.5 Å². The number of halogens is 3. The van der Waals surface area contributed by atoms with Crippen molar-refractivity contribution in [3.05, 3.63) is 51.4 Å². The molecule has 3 heterocycles. The average Bonchev–Trinajstić information content (AvgIpc) is 3.24. The van der Waals surface area contributed by atoms with Crippen molar-refractivity contribution in [3.8, 4) is 0 Å². The zero-order valence-corrected chi connectivity index (χ0v) is 16.3. The summed E-state index contributed by atoms with van der Waals surface area (Å²) in [6, 6.07) is 5.36. The summed E-state index contributed by atoms with van der Waals surface area (Å²) in [5.74, 6) is 0.868. The van der Waals surface area contributed by atoms with Crippen LogP contribution in [0.2, 0.25) is 0 Å². The topological polar surface area (TPSA) is 63.6 Å². The Labute approximate surface area is 165 Å². The van der Waals surface area contributed by atoms with Gasteiger partial charge in [-0.05, 0) is 36.1 Å². The number of thioether (sulfide) groups is 1. The number of hydrogen-bond acceptors (Lipinski definition) is 5. The van der Waals surface area contributed by atoms with Gasteiger partial charge < -0.3 is 9.55 Å². The lowest BCUT2D eigenvalue weighted by Gasteiger charge is -2.09. The van der Waals surface area contributed by atoms with Crippen LogP contribution in [0.1, 0.15) is 24.7 Å². The molecule has 0 radical (unpaired) electrons. The largest absolute Gasteiger partial charge is 0.416 e. The molecule has 0 aliphatic carbocycles. The number of nitrogens with zero attached hydrogens (tertiary/aromatic N) is 3. The van der Waals surface area contributed by atoms with Crippen LogP contribution in [0, 0.1) is 0 Å². The molecule has 0 fully saturated rings. The first kappa shape index (κ1) is 19.0. The first-order chi connectivity index (χ1) is 13.4. The second-order valence-electron chi connectivity index (χ2n) is 6.18. The van der Waals surface area contributed by atoms with Crippen LogP contribution in [0.3, 0.4) is 0 Å². The van der Waals surface area contributed by atoms with E-state index in [-0.39, 0.29) is 5.56 Å². The number of alkyl halides is 3. The van der Waals surface area contributed by atoms with Crippen LogP contribution in [0.4, 0.5) is 13.2 Å². The Balaban J connectivity index is 1.68. The lowest BCUT2D eigenvalue weighted by Crippen LogP contribution is -2.09. The Morgan fingerprint density at radius 2 is 2.04 bits per heavy atom. The zero-order valence-electron chi connectivity index (χ0n) is 14.7. The maximum absolute atomic E-state index is 13.1. The minimum Gasteiger partial charge on any atom is -0.319 e. The fourth-order valence-electron chi connectivity index (χ4n) is 2.95. The highest BCUT2D eigenvalue weighted by Gasteiger charge is 2.31. The Kier molecular flexibility index (Phi) is 4.92. The molecule has 0 amide bonds. The van der Waals surface area contributed by atoms with Crippen molar-refractivity contribution in [2.45, 2.75) is 37.0 Å². The van der Waals surface area contributed by atoms with Gasteiger partial charge in [-0.25, -0.2) is 9.97 Å². The molecule has 0 aliphatic heterocycles. The number of thiophene rings is 1. The van der Waals surface area contributed by atoms with E-state index in [1.165, 1.54) is 29.2 Å². The summed E-state index contributed by atoms with van der Waals surface area (Å²) in [6.07, 6.45) is -3.65. The molecule has 5 nitrogen and oxygen atoms in total. The lowest BCUT2D eigenvalue weighted by atomic mass is 10.2. The van der Waals surface area contributed by atoms with E-state index in [4.69, 9.17) is 0 Å². The highest BCUT2D eigenvalue weighted by Crippen LogP contribution is 2.33. The number of fused-ring (bicyclic) bond motifs is 2. The molecule has 146 valence electrons. The summed E-state index contributed by atoms with van der Waals surface area (Å²) in [4.78, 5) is 23.8. The van der Waals surface area contributed by atoms with E-state index < -0.39 is 11.7 Å². The number of aryl methyl sites for hydroxylation is 1. The smallest absolute Gasteiger partial charge is 0.319 e. The summed E-state index contributed by atoms with van der Waals surface area (Å²) >= 11 is 2.67. The first-order valence-corrected chi connectivity index (χ1v) is 10.4. The summed E-state index contributed by atoms with van der Waals surface area (Å²) in [5.41, 5.74) is 0.726. The number of hydrogen-bond donors (Lipinski definition) is 1. The number of imidazole rings is 1. The average molecular weight is 424 g/mol. The van der Waals surface area contributed by atoms with E-state index in [1.807, 2.05) is 12.3 Å². The van der Waals surface area contributed by atoms with E-state index in [9.17, 15) is 18.0 Å². The predicted molar refractivity (Wildman–Crippen MR) is 105 cm³/mol. The molecule has 4 aromatic rings. The van der Waals surface area contributed by atoms with E-state index in [2.05, 4.69) is 15.0 Å². The Morgan fingerprint density at radius 3 is 2.79 bits per heavy atom. The van der Waals surface area contributed by atoms with Crippen LogP contribution in [0.15, 0.2) is 39.6 Å². The quantitative estimate of drug-likeness (QED) is 0.455. The van der Waals surface area contributed by atoms with Crippen LogP contribution in [-0.4, -0.2) is 19.5 Å². The van der Waals surface area contributed by atoms with Gasteiger partial charge >= 0.3 is 6.18 Å². The molecular formula is C18H15F3N4OS2. The minimum absolute atomic E-state index is 0.188. The molecule has 0 saturated heterocycles. The van der Waals surface area contributed by atoms with Crippen LogP contribution in [0.25, 0.3) is 21.3 Å². The summed E-state index contributed by atoms with van der Waals surface area (Å²) in [7, 11) is 0. The van der Waals surface area contributed by atoms with Crippen molar-refractivity contribution >= 4 is 44.3 Å². The molecular weight excluding hydrogens is 409 g/mol. The fourth-order valence-corrected chi connectivity index (χ4v) is 4.59. The first-order valence-electron chi connectivity index (χ1n) is 8.53. The molecule has 4 rings (SSSR count). The summed E-state index contributed by atoms with van der Waals surface area (Å²) < 4.78 is 41.6. The van der Waals surface area contributed by atoms with Crippen LogP contribution >= 0.6 is 23.1 Å². The number of rotatable bonds is 5. The van der Waals surface area contributed by atoms with Gasteiger partial charge in [0.25, 0.3) is 5.56 Å². The number of nitrogens with one attached hydrogen (secondary N) is 1. The summed E-state index contributed by atoms with van der Waals surface area (Å²) in [5, 5.41) is 2.41. The maximum atomic E-state index is 13.1. The van der Waals surface area contributed by atoms with Crippen molar-refractivity contribution < 1.29 is 13.2 Å². The number of H-pyrrole nitrogens is 1. The minimum atomic E-state index is -4.40. The highest BCUT2D eigenvalue weighted by atomic mass is 32.2. The third-order valence-corrected chi connectivity index (χ3v) is 6.08. The molecule has 10 heteroatoms. The van der Waals surface area contributed by atoms with Gasteiger partial charge in [0.05, 0.1) is 27.9 Å². The fraction of sp³-hybridized carbons (Fsp3) is 0.278. The number of benzene rings is 1. The van der Waals surface area contributed by atoms with Crippen LogP contribution < -0.4 is 5.56 Å². The molecule has 28 heavy (non-hydrogen) atoms. The summed E-state index contributed by atoms with van der Waals surface area (Å²) in [6.45, 7) is 2.51. The van der Waals surface area contributed by atoms with Gasteiger partial charge in [-0.15, -0.1) is 11.3 Å². The Bertz CT molecular complexity index is 1210. The van der Waals surface area contributed by atoms with E-state index in [0.29, 0.717) is 44.5 Å². The molecule has 3 aromatic heterocycles. The van der Waals surface area contributed by atoms with E-state index in [1.54, 1.807) is 10.6 Å². The predicted octanol–water partition coefficient (Wildman–Crippen LogP) is 5.06. The second kappa shape index (κ2) is 7.25. The number of aromatic amines is 1. The lowest BCUT2D eigenvalue weighted by molar-refractivity contribution is -0.137. The van der Waals surface area contributed by atoms with Crippen molar-refractivity contribution in [3.63, 3.8) is 0 Å². The van der Waals surface area contributed by atoms with Crippen molar-refractivity contribution in [1.82, 2.24) is 19.5 Å². The molecule has 0 unspecified atom stereocenters. The van der Waals surface area contributed by atoms with Crippen molar-refractivity contribution in [2.24, 2.45) is 0 Å². The Hall–Kier alpha value is -2.33. The molecule has 1 N–H and O–H groups in total.